The zero-order chi connectivity index (χ0) is 17.0. The minimum Gasteiger partial charge on any atom is -0.357 e. The summed E-state index contributed by atoms with van der Waals surface area (Å²) in [4.78, 5) is 27.8. The molecular weight excluding hydrogens is 326 g/mol. The molecule has 3 nitrogen and oxygen atoms in total. The fourth-order valence-electron chi connectivity index (χ4n) is 2.59. The zero-order valence-electron chi connectivity index (χ0n) is 13.7. The summed E-state index contributed by atoms with van der Waals surface area (Å²) in [6, 6.07) is 6.98. The first-order chi connectivity index (χ1) is 11.0. The van der Waals surface area contributed by atoms with E-state index >= 15 is 0 Å². The molecule has 122 valence electrons. The Hall–Kier alpha value is -1.46. The maximum Gasteiger partial charge on any atom is 0.200 e. The first-order valence-corrected chi connectivity index (χ1v) is 9.09. The maximum atomic E-state index is 12.7. The molecule has 1 aliphatic carbocycles. The topological polar surface area (TPSA) is 37.4 Å². The Morgan fingerprint density at radius 3 is 2.09 bits per heavy atom. The van der Waals surface area contributed by atoms with E-state index in [1.54, 1.807) is 31.2 Å². The number of hydrogen-bond acceptors (Lipinski definition) is 4. The second kappa shape index (κ2) is 7.88. The van der Waals surface area contributed by atoms with Gasteiger partial charge in [-0.2, -0.15) is 0 Å². The fraction of sp³-hybridized carbons (Fsp3) is 0.389. The van der Waals surface area contributed by atoms with Gasteiger partial charge in [0.15, 0.2) is 5.78 Å². The van der Waals surface area contributed by atoms with Gasteiger partial charge in [0.1, 0.15) is 4.32 Å². The average Bonchev–Trinajstić information content (AvgIpc) is 2.56. The smallest absolute Gasteiger partial charge is 0.200 e. The fourth-order valence-corrected chi connectivity index (χ4v) is 3.95. The molecular formula is C18H21NO2S2. The molecule has 0 heterocycles. The van der Waals surface area contributed by atoms with E-state index < -0.39 is 0 Å². The molecule has 23 heavy (non-hydrogen) atoms. The Bertz CT molecular complexity index is 673. The summed E-state index contributed by atoms with van der Waals surface area (Å²) in [6.07, 6.45) is 1.99. The molecule has 0 aromatic heterocycles. The van der Waals surface area contributed by atoms with Crippen molar-refractivity contribution in [2.75, 3.05) is 13.1 Å². The second-order valence-electron chi connectivity index (χ2n) is 5.51. The maximum absolute atomic E-state index is 12.7. The highest BCUT2D eigenvalue weighted by Crippen LogP contribution is 2.34. The van der Waals surface area contributed by atoms with Crippen molar-refractivity contribution in [2.24, 2.45) is 0 Å². The van der Waals surface area contributed by atoms with Crippen LogP contribution in [0.25, 0.3) is 0 Å². The summed E-state index contributed by atoms with van der Waals surface area (Å²) in [6.45, 7) is 7.65. The Balaban J connectivity index is 2.29. The highest BCUT2D eigenvalue weighted by molar-refractivity contribution is 8.26. The third-order valence-electron chi connectivity index (χ3n) is 3.74. The highest BCUT2D eigenvalue weighted by atomic mass is 32.2. The van der Waals surface area contributed by atoms with Crippen molar-refractivity contribution in [2.45, 2.75) is 33.6 Å². The van der Waals surface area contributed by atoms with Crippen LogP contribution in [-0.2, 0) is 0 Å². The van der Waals surface area contributed by atoms with E-state index in [-0.39, 0.29) is 11.6 Å². The first kappa shape index (κ1) is 17.9. The molecule has 1 aromatic carbocycles. The van der Waals surface area contributed by atoms with Crippen molar-refractivity contribution in [1.29, 1.82) is 0 Å². The minimum atomic E-state index is -0.0991. The van der Waals surface area contributed by atoms with Gasteiger partial charge in [-0.05, 0) is 19.8 Å². The Labute approximate surface area is 147 Å². The van der Waals surface area contributed by atoms with E-state index in [2.05, 4.69) is 18.7 Å². The molecule has 0 aliphatic heterocycles. The molecule has 0 N–H and O–H groups in total. The molecule has 0 amide bonds. The van der Waals surface area contributed by atoms with Crippen LogP contribution < -0.4 is 0 Å². The van der Waals surface area contributed by atoms with Crippen LogP contribution in [0.3, 0.4) is 0 Å². The largest absolute Gasteiger partial charge is 0.357 e. The standard InChI is InChI=1S/C18H21NO2S2/c1-4-10-19(11-5-2)18(22)23-17-12(3)15(20)13-8-6-7-9-14(13)16(17)21/h6-9H,4-5,10-11H2,1-3H3. The third-order valence-corrected chi connectivity index (χ3v) is 5.38. The van der Waals surface area contributed by atoms with E-state index in [1.807, 2.05) is 0 Å². The van der Waals surface area contributed by atoms with Crippen LogP contribution in [0, 0.1) is 0 Å². The number of carbonyl (C=O) groups excluding carboxylic acids is 2. The van der Waals surface area contributed by atoms with Gasteiger partial charge in [0.2, 0.25) is 5.78 Å². The number of Topliss-reactive ketones (excluding diaryl/α,β-unsaturated/α-hetero) is 2. The van der Waals surface area contributed by atoms with Gasteiger partial charge in [-0.3, -0.25) is 9.59 Å². The van der Waals surface area contributed by atoms with Crippen LogP contribution in [0.5, 0.6) is 0 Å². The monoisotopic (exact) mass is 347 g/mol. The number of carbonyl (C=O) groups is 2. The molecule has 0 saturated heterocycles. The number of nitrogens with zero attached hydrogens (tertiary/aromatic N) is 1. The Morgan fingerprint density at radius 1 is 1.04 bits per heavy atom. The van der Waals surface area contributed by atoms with Crippen LogP contribution >= 0.6 is 24.0 Å². The number of ketones is 2. The average molecular weight is 348 g/mol. The molecule has 0 atom stereocenters. The second-order valence-corrected chi connectivity index (χ2v) is 7.16. The lowest BCUT2D eigenvalue weighted by Gasteiger charge is -2.25. The first-order valence-electron chi connectivity index (χ1n) is 7.87. The molecule has 1 aromatic rings. The molecule has 0 spiro atoms. The predicted octanol–water partition coefficient (Wildman–Crippen LogP) is 4.48. The van der Waals surface area contributed by atoms with Gasteiger partial charge in [-0.1, -0.05) is 62.1 Å². The summed E-state index contributed by atoms with van der Waals surface area (Å²) in [7, 11) is 0. The van der Waals surface area contributed by atoms with Crippen molar-refractivity contribution in [3.63, 3.8) is 0 Å². The molecule has 0 saturated carbocycles. The van der Waals surface area contributed by atoms with Gasteiger partial charge in [0.25, 0.3) is 0 Å². The highest BCUT2D eigenvalue weighted by Gasteiger charge is 2.31. The number of allylic oxidation sites excluding steroid dienone is 2. The lowest BCUT2D eigenvalue weighted by atomic mass is 9.90. The van der Waals surface area contributed by atoms with Crippen LogP contribution in [-0.4, -0.2) is 33.9 Å². The molecule has 0 radical (unpaired) electrons. The van der Waals surface area contributed by atoms with E-state index in [0.717, 1.165) is 25.9 Å². The predicted molar refractivity (Wildman–Crippen MR) is 100 cm³/mol. The van der Waals surface area contributed by atoms with Gasteiger partial charge in [0.05, 0.1) is 4.91 Å². The van der Waals surface area contributed by atoms with Crippen molar-refractivity contribution in [3.8, 4) is 0 Å². The number of hydrogen-bond donors (Lipinski definition) is 0. The Kier molecular flexibility index (Phi) is 6.13. The van der Waals surface area contributed by atoms with Crippen LogP contribution in [0.1, 0.15) is 54.3 Å². The van der Waals surface area contributed by atoms with Crippen LogP contribution in [0.4, 0.5) is 0 Å². The number of fused-ring (bicyclic) bond motifs is 1. The van der Waals surface area contributed by atoms with Crippen molar-refractivity contribution < 1.29 is 9.59 Å². The molecule has 0 unspecified atom stereocenters. The summed E-state index contributed by atoms with van der Waals surface area (Å²) >= 11 is 6.78. The van der Waals surface area contributed by atoms with Crippen LogP contribution in [0.2, 0.25) is 0 Å². The van der Waals surface area contributed by atoms with Crippen molar-refractivity contribution in [1.82, 2.24) is 4.90 Å². The Morgan fingerprint density at radius 2 is 1.57 bits per heavy atom. The zero-order valence-corrected chi connectivity index (χ0v) is 15.4. The lowest BCUT2D eigenvalue weighted by Crippen LogP contribution is -2.30. The lowest BCUT2D eigenvalue weighted by molar-refractivity contribution is 0.0981. The van der Waals surface area contributed by atoms with Gasteiger partial charge in [0, 0.05) is 29.8 Å². The minimum absolute atomic E-state index is 0.0805. The van der Waals surface area contributed by atoms with Gasteiger partial charge in [-0.25, -0.2) is 0 Å². The molecule has 0 fully saturated rings. The summed E-state index contributed by atoms with van der Waals surface area (Å²) in [5, 5.41) is 0. The van der Waals surface area contributed by atoms with E-state index in [0.29, 0.717) is 25.9 Å². The summed E-state index contributed by atoms with van der Waals surface area (Å²) in [5.74, 6) is -0.180. The van der Waals surface area contributed by atoms with Gasteiger partial charge >= 0.3 is 0 Å². The summed E-state index contributed by atoms with van der Waals surface area (Å²) < 4.78 is 0.670. The number of thioether (sulfide) groups is 1. The van der Waals surface area contributed by atoms with Gasteiger partial charge in [-0.15, -0.1) is 0 Å². The molecule has 5 heteroatoms. The quantitative estimate of drug-likeness (QED) is 0.734. The number of thiocarbonyl (C=S) groups is 1. The van der Waals surface area contributed by atoms with E-state index in [9.17, 15) is 9.59 Å². The van der Waals surface area contributed by atoms with Crippen molar-refractivity contribution in [3.05, 3.63) is 45.9 Å². The molecule has 1 aliphatic rings. The molecule has 2 rings (SSSR count). The van der Waals surface area contributed by atoms with E-state index in [4.69, 9.17) is 12.2 Å². The van der Waals surface area contributed by atoms with E-state index in [1.165, 1.54) is 11.8 Å². The van der Waals surface area contributed by atoms with Gasteiger partial charge < -0.3 is 4.90 Å². The molecule has 0 bridgehead atoms. The SMILES string of the molecule is CCCN(CCC)C(=S)SC1=C(C)C(=O)c2ccccc2C1=O. The summed E-state index contributed by atoms with van der Waals surface area (Å²) in [5.41, 5.74) is 1.46. The third kappa shape index (κ3) is 3.72. The van der Waals surface area contributed by atoms with Crippen molar-refractivity contribution >= 4 is 39.9 Å². The number of benzene rings is 1. The normalized spacial score (nSPS) is 14.0. The number of rotatable bonds is 5. The van der Waals surface area contributed by atoms with Crippen LogP contribution in [0.15, 0.2) is 34.7 Å².